The SMILES string of the molecule is N#Cc1ccc2ncn(-c3ncc4[nH]c(=O)n(C5CCC(O)c6c(F)cc(F)cc65)c4n3)c2c1. The standard InChI is InChI=1S/C23H15F2N7O2/c24-12-6-13-17(3-4-19(33)20(13)14(25)7-12)32-21-16(29-23(32)34)9-27-22(30-21)31-10-28-15-2-1-11(8-26)5-18(15)31/h1-2,5-7,9-10,17,19,33H,3-4H2,(H,29,34). The Morgan fingerprint density at radius 1 is 1.18 bits per heavy atom. The predicted molar refractivity (Wildman–Crippen MR) is 116 cm³/mol. The lowest BCUT2D eigenvalue weighted by atomic mass is 9.85. The first-order valence-electron chi connectivity index (χ1n) is 10.5. The van der Waals surface area contributed by atoms with E-state index in [1.807, 2.05) is 0 Å². The monoisotopic (exact) mass is 459 g/mol. The zero-order chi connectivity index (χ0) is 23.6. The molecule has 5 aromatic rings. The summed E-state index contributed by atoms with van der Waals surface area (Å²) in [4.78, 5) is 28.8. The molecule has 2 atom stereocenters. The van der Waals surface area contributed by atoms with E-state index in [2.05, 4.69) is 26.0 Å². The zero-order valence-electron chi connectivity index (χ0n) is 17.4. The van der Waals surface area contributed by atoms with Crippen molar-refractivity contribution in [1.82, 2.24) is 29.1 Å². The molecule has 2 N–H and O–H groups in total. The molecule has 0 saturated heterocycles. The number of aromatic nitrogens is 6. The van der Waals surface area contributed by atoms with Gasteiger partial charge >= 0.3 is 5.69 Å². The van der Waals surface area contributed by atoms with Gasteiger partial charge < -0.3 is 10.1 Å². The van der Waals surface area contributed by atoms with Crippen LogP contribution < -0.4 is 5.69 Å². The second-order valence-electron chi connectivity index (χ2n) is 8.14. The van der Waals surface area contributed by atoms with Crippen LogP contribution >= 0.6 is 0 Å². The molecule has 0 radical (unpaired) electrons. The zero-order valence-corrected chi connectivity index (χ0v) is 17.4. The fourth-order valence-corrected chi connectivity index (χ4v) is 4.66. The number of hydrogen-bond donors (Lipinski definition) is 2. The van der Waals surface area contributed by atoms with Crippen LogP contribution in [0.3, 0.4) is 0 Å². The molecule has 2 aromatic carbocycles. The molecule has 9 nitrogen and oxygen atoms in total. The van der Waals surface area contributed by atoms with Crippen molar-refractivity contribution < 1.29 is 13.9 Å². The highest BCUT2D eigenvalue weighted by molar-refractivity contribution is 5.79. The van der Waals surface area contributed by atoms with Gasteiger partial charge in [0.05, 0.1) is 41.0 Å². The summed E-state index contributed by atoms with van der Waals surface area (Å²) in [7, 11) is 0. The summed E-state index contributed by atoms with van der Waals surface area (Å²) in [6.45, 7) is 0. The Morgan fingerprint density at radius 3 is 2.85 bits per heavy atom. The Labute approximate surface area is 189 Å². The maximum absolute atomic E-state index is 14.5. The van der Waals surface area contributed by atoms with E-state index in [-0.39, 0.29) is 35.6 Å². The number of halogens is 2. The summed E-state index contributed by atoms with van der Waals surface area (Å²) in [5.74, 6) is -1.44. The van der Waals surface area contributed by atoms with Crippen molar-refractivity contribution in [2.24, 2.45) is 0 Å². The topological polar surface area (TPSA) is 125 Å². The molecule has 0 saturated carbocycles. The number of aromatic amines is 1. The van der Waals surface area contributed by atoms with Gasteiger partial charge in [0.1, 0.15) is 23.5 Å². The van der Waals surface area contributed by atoms with Crippen molar-refractivity contribution in [1.29, 1.82) is 5.26 Å². The minimum Gasteiger partial charge on any atom is -0.388 e. The van der Waals surface area contributed by atoms with Crippen LogP contribution in [0.15, 0.2) is 47.7 Å². The first-order valence-corrected chi connectivity index (χ1v) is 10.5. The van der Waals surface area contributed by atoms with Crippen molar-refractivity contribution >= 4 is 22.2 Å². The van der Waals surface area contributed by atoms with E-state index in [0.717, 1.165) is 12.1 Å². The molecule has 0 amide bonds. The van der Waals surface area contributed by atoms with Crippen LogP contribution in [-0.4, -0.2) is 34.2 Å². The van der Waals surface area contributed by atoms with Gasteiger partial charge in [-0.05, 0) is 42.7 Å². The summed E-state index contributed by atoms with van der Waals surface area (Å²) in [5, 5.41) is 19.6. The van der Waals surface area contributed by atoms with Gasteiger partial charge in [0.2, 0.25) is 5.95 Å². The van der Waals surface area contributed by atoms with Gasteiger partial charge in [0.15, 0.2) is 5.65 Å². The van der Waals surface area contributed by atoms with E-state index in [1.54, 1.807) is 22.8 Å². The first-order chi connectivity index (χ1) is 16.4. The molecule has 0 aliphatic heterocycles. The third kappa shape index (κ3) is 2.93. The number of aliphatic hydroxyl groups excluding tert-OH is 1. The number of rotatable bonds is 2. The number of benzene rings is 2. The largest absolute Gasteiger partial charge is 0.388 e. The van der Waals surface area contributed by atoms with Crippen molar-refractivity contribution in [2.75, 3.05) is 0 Å². The van der Waals surface area contributed by atoms with Gasteiger partial charge in [0, 0.05) is 11.6 Å². The highest BCUT2D eigenvalue weighted by Gasteiger charge is 2.33. The Hall–Kier alpha value is -4.43. The van der Waals surface area contributed by atoms with Crippen molar-refractivity contribution in [3.8, 4) is 12.0 Å². The fraction of sp³-hybridized carbons (Fsp3) is 0.174. The second kappa shape index (κ2) is 7.29. The molecule has 1 aliphatic rings. The van der Waals surface area contributed by atoms with Gasteiger partial charge in [0.25, 0.3) is 0 Å². The molecule has 3 aromatic heterocycles. The maximum atomic E-state index is 14.5. The van der Waals surface area contributed by atoms with Crippen LogP contribution in [0, 0.1) is 23.0 Å². The van der Waals surface area contributed by atoms with Crippen LogP contribution in [0.25, 0.3) is 28.1 Å². The predicted octanol–water partition coefficient (Wildman–Crippen LogP) is 3.02. The summed E-state index contributed by atoms with van der Waals surface area (Å²) in [5.41, 5.74) is 1.94. The minimum atomic E-state index is -1.09. The van der Waals surface area contributed by atoms with E-state index in [9.17, 15) is 23.9 Å². The Kier molecular flexibility index (Phi) is 4.33. The van der Waals surface area contributed by atoms with Gasteiger partial charge in [-0.25, -0.2) is 23.5 Å². The van der Waals surface area contributed by atoms with Gasteiger partial charge in [-0.3, -0.25) is 9.13 Å². The number of imidazole rings is 2. The van der Waals surface area contributed by atoms with Gasteiger partial charge in [-0.15, -0.1) is 0 Å². The third-order valence-electron chi connectivity index (χ3n) is 6.18. The molecule has 0 fully saturated rings. The molecule has 2 unspecified atom stereocenters. The van der Waals surface area contributed by atoms with E-state index in [0.29, 0.717) is 22.1 Å². The summed E-state index contributed by atoms with van der Waals surface area (Å²) in [6.07, 6.45) is 2.34. The van der Waals surface area contributed by atoms with Crippen LogP contribution in [-0.2, 0) is 0 Å². The normalized spacial score (nSPS) is 17.7. The summed E-state index contributed by atoms with van der Waals surface area (Å²) < 4.78 is 31.5. The van der Waals surface area contributed by atoms with Crippen molar-refractivity contribution in [3.05, 3.63) is 81.7 Å². The molecule has 6 rings (SSSR count). The molecular weight excluding hydrogens is 444 g/mol. The van der Waals surface area contributed by atoms with E-state index >= 15 is 0 Å². The van der Waals surface area contributed by atoms with E-state index < -0.39 is 29.5 Å². The quantitative estimate of drug-likeness (QED) is 0.418. The summed E-state index contributed by atoms with van der Waals surface area (Å²) >= 11 is 0. The van der Waals surface area contributed by atoms with Crippen LogP contribution in [0.5, 0.6) is 0 Å². The molecule has 1 aliphatic carbocycles. The number of nitrogens with one attached hydrogen (secondary N) is 1. The van der Waals surface area contributed by atoms with E-state index in [4.69, 9.17) is 0 Å². The maximum Gasteiger partial charge on any atom is 0.328 e. The van der Waals surface area contributed by atoms with Crippen LogP contribution in [0.2, 0.25) is 0 Å². The first kappa shape index (κ1) is 20.2. The van der Waals surface area contributed by atoms with Crippen molar-refractivity contribution in [3.63, 3.8) is 0 Å². The average Bonchev–Trinajstić information content (AvgIpc) is 3.38. The average molecular weight is 459 g/mol. The molecule has 168 valence electrons. The minimum absolute atomic E-state index is 0.0159. The molecule has 34 heavy (non-hydrogen) atoms. The second-order valence-corrected chi connectivity index (χ2v) is 8.14. The number of hydrogen-bond acceptors (Lipinski definition) is 6. The number of nitriles is 1. The summed E-state index contributed by atoms with van der Waals surface area (Å²) in [6, 6.07) is 8.23. The molecule has 11 heteroatoms. The van der Waals surface area contributed by atoms with E-state index in [1.165, 1.54) is 17.1 Å². The lowest BCUT2D eigenvalue weighted by Gasteiger charge is -2.29. The van der Waals surface area contributed by atoms with Crippen LogP contribution in [0.1, 0.15) is 41.7 Å². The molecular formula is C23H15F2N7O2. The molecule has 0 spiro atoms. The van der Waals surface area contributed by atoms with Crippen LogP contribution in [0.4, 0.5) is 8.78 Å². The highest BCUT2D eigenvalue weighted by Crippen LogP contribution is 2.40. The number of nitrogens with zero attached hydrogens (tertiary/aromatic N) is 6. The lowest BCUT2D eigenvalue weighted by molar-refractivity contribution is 0.142. The van der Waals surface area contributed by atoms with Gasteiger partial charge in [-0.2, -0.15) is 10.2 Å². The highest BCUT2D eigenvalue weighted by atomic mass is 19.1. The molecule has 3 heterocycles. The number of fused-ring (bicyclic) bond motifs is 3. The third-order valence-corrected chi connectivity index (χ3v) is 6.18. The fourth-order valence-electron chi connectivity index (χ4n) is 4.66. The Morgan fingerprint density at radius 2 is 2.03 bits per heavy atom. The van der Waals surface area contributed by atoms with Gasteiger partial charge in [-0.1, -0.05) is 0 Å². The van der Waals surface area contributed by atoms with Crippen molar-refractivity contribution in [2.45, 2.75) is 25.0 Å². The number of H-pyrrole nitrogens is 1. The lowest BCUT2D eigenvalue weighted by Crippen LogP contribution is -2.28. The Balaban J connectivity index is 1.56. The molecule has 0 bridgehead atoms. The number of aliphatic hydroxyl groups is 1. The smallest absolute Gasteiger partial charge is 0.328 e. The Bertz CT molecular complexity index is 1710.